The van der Waals surface area contributed by atoms with Crippen LogP contribution in [0.4, 0.5) is 4.79 Å². The van der Waals surface area contributed by atoms with Crippen molar-refractivity contribution in [2.45, 2.75) is 42.5 Å². The minimum atomic E-state index is -3.43. The molecule has 0 saturated carbocycles. The van der Waals surface area contributed by atoms with Gasteiger partial charge in [0.05, 0.1) is 6.54 Å². The lowest BCUT2D eigenvalue weighted by atomic mass is 10.0. The third-order valence-electron chi connectivity index (χ3n) is 4.40. The fraction of sp³-hybridized carbons (Fsp3) is 0.471. The van der Waals surface area contributed by atoms with Crippen LogP contribution in [0.25, 0.3) is 0 Å². The lowest BCUT2D eigenvalue weighted by molar-refractivity contribution is 0.229. The molecule has 0 bridgehead atoms. The van der Waals surface area contributed by atoms with E-state index in [0.717, 1.165) is 24.1 Å². The highest BCUT2D eigenvalue weighted by molar-refractivity contribution is 7.91. The van der Waals surface area contributed by atoms with Crippen LogP contribution in [0.2, 0.25) is 0 Å². The number of rotatable bonds is 7. The molecular weight excluding hydrogens is 390 g/mol. The molecule has 0 aromatic carbocycles. The molecule has 3 rings (SSSR count). The highest BCUT2D eigenvalue weighted by Crippen LogP contribution is 2.28. The van der Waals surface area contributed by atoms with E-state index in [1.54, 1.807) is 33.2 Å². The Morgan fingerprint density at radius 2 is 1.96 bits per heavy atom. The first-order valence-corrected chi connectivity index (χ1v) is 11.9. The molecule has 1 saturated heterocycles. The number of sulfonamides is 1. The van der Waals surface area contributed by atoms with Crippen LogP contribution in [-0.2, 0) is 16.6 Å². The first-order chi connectivity index (χ1) is 12.6. The van der Waals surface area contributed by atoms with E-state index in [2.05, 4.69) is 10.6 Å². The zero-order valence-electron chi connectivity index (χ0n) is 14.4. The van der Waals surface area contributed by atoms with Crippen LogP contribution >= 0.6 is 22.7 Å². The molecule has 2 aromatic heterocycles. The van der Waals surface area contributed by atoms with Gasteiger partial charge in [0.1, 0.15) is 4.21 Å². The summed E-state index contributed by atoms with van der Waals surface area (Å²) in [7, 11) is -3.43. The summed E-state index contributed by atoms with van der Waals surface area (Å²) >= 11 is 2.85. The minimum Gasteiger partial charge on any atom is -0.338 e. The summed E-state index contributed by atoms with van der Waals surface area (Å²) in [6.07, 6.45) is 3.36. The standard InChI is InChI=1S/C17H23N3O3S3/c21-17(19-13-15-6-3-11-24-15)18-9-8-14-5-1-2-10-20(14)26(22,23)16-7-4-12-25-16/h3-4,6-7,11-12,14H,1-2,5,8-10,13H2,(H2,18,19,21). The Morgan fingerprint density at radius 1 is 1.15 bits per heavy atom. The number of piperidine rings is 1. The molecule has 1 fully saturated rings. The molecular formula is C17H23N3O3S3. The van der Waals surface area contributed by atoms with Crippen LogP contribution in [0.5, 0.6) is 0 Å². The normalized spacial score (nSPS) is 18.5. The van der Waals surface area contributed by atoms with Gasteiger partial charge in [-0.2, -0.15) is 4.31 Å². The number of nitrogens with zero attached hydrogens (tertiary/aromatic N) is 1. The van der Waals surface area contributed by atoms with Crippen molar-refractivity contribution in [3.8, 4) is 0 Å². The molecule has 6 nitrogen and oxygen atoms in total. The average molecular weight is 414 g/mol. The quantitative estimate of drug-likeness (QED) is 0.731. The minimum absolute atomic E-state index is 0.0616. The topological polar surface area (TPSA) is 78.5 Å². The van der Waals surface area contributed by atoms with Crippen LogP contribution in [-0.4, -0.2) is 37.9 Å². The summed E-state index contributed by atoms with van der Waals surface area (Å²) in [5.74, 6) is 0. The van der Waals surface area contributed by atoms with E-state index in [0.29, 0.717) is 30.3 Å². The first kappa shape index (κ1) is 19.3. The van der Waals surface area contributed by atoms with Gasteiger partial charge in [0.25, 0.3) is 10.0 Å². The molecule has 1 aliphatic heterocycles. The van der Waals surface area contributed by atoms with Gasteiger partial charge in [-0.3, -0.25) is 0 Å². The molecule has 2 aromatic rings. The van der Waals surface area contributed by atoms with E-state index in [1.807, 2.05) is 17.5 Å². The van der Waals surface area contributed by atoms with Crippen molar-refractivity contribution in [1.29, 1.82) is 0 Å². The first-order valence-electron chi connectivity index (χ1n) is 8.67. The summed E-state index contributed by atoms with van der Waals surface area (Å²) < 4.78 is 27.7. The van der Waals surface area contributed by atoms with Crippen molar-refractivity contribution in [1.82, 2.24) is 14.9 Å². The third kappa shape index (κ3) is 4.85. The van der Waals surface area contributed by atoms with Crippen LogP contribution in [0.3, 0.4) is 0 Å². The maximum atomic E-state index is 12.8. The maximum absolute atomic E-state index is 12.8. The molecule has 1 aliphatic rings. The average Bonchev–Trinajstić information content (AvgIpc) is 3.34. The van der Waals surface area contributed by atoms with Crippen molar-refractivity contribution in [2.24, 2.45) is 0 Å². The molecule has 0 radical (unpaired) electrons. The van der Waals surface area contributed by atoms with Gasteiger partial charge in [-0.15, -0.1) is 22.7 Å². The largest absolute Gasteiger partial charge is 0.338 e. The van der Waals surface area contributed by atoms with Gasteiger partial charge in [-0.05, 0) is 42.2 Å². The number of urea groups is 1. The number of amides is 2. The smallest absolute Gasteiger partial charge is 0.315 e. The molecule has 142 valence electrons. The van der Waals surface area contributed by atoms with Crippen LogP contribution in [0, 0.1) is 0 Å². The zero-order valence-corrected chi connectivity index (χ0v) is 16.8. The molecule has 0 spiro atoms. The second kappa shape index (κ2) is 8.98. The van der Waals surface area contributed by atoms with Gasteiger partial charge < -0.3 is 10.6 Å². The molecule has 2 amide bonds. The van der Waals surface area contributed by atoms with Gasteiger partial charge in [0, 0.05) is 24.0 Å². The van der Waals surface area contributed by atoms with Crippen molar-refractivity contribution in [2.75, 3.05) is 13.1 Å². The second-order valence-corrected chi connectivity index (χ2v) is 10.3. The molecule has 2 N–H and O–H groups in total. The van der Waals surface area contributed by atoms with E-state index >= 15 is 0 Å². The number of nitrogens with one attached hydrogen (secondary N) is 2. The van der Waals surface area contributed by atoms with Crippen molar-refractivity contribution >= 4 is 38.7 Å². The van der Waals surface area contributed by atoms with Gasteiger partial charge in [0.15, 0.2) is 0 Å². The summed E-state index contributed by atoms with van der Waals surface area (Å²) in [4.78, 5) is 13.0. The van der Waals surface area contributed by atoms with E-state index in [4.69, 9.17) is 0 Å². The fourth-order valence-corrected chi connectivity index (χ4v) is 6.59. The Morgan fingerprint density at radius 3 is 2.69 bits per heavy atom. The second-order valence-electron chi connectivity index (χ2n) is 6.17. The SMILES string of the molecule is O=C(NCCC1CCCCN1S(=O)(=O)c1cccs1)NCc1cccs1. The van der Waals surface area contributed by atoms with Gasteiger partial charge in [-0.1, -0.05) is 18.6 Å². The Labute approximate surface area is 162 Å². The Kier molecular flexibility index (Phi) is 6.68. The Balaban J connectivity index is 1.50. The predicted octanol–water partition coefficient (Wildman–Crippen LogP) is 3.24. The number of hydrogen-bond donors (Lipinski definition) is 2. The van der Waals surface area contributed by atoms with E-state index in [9.17, 15) is 13.2 Å². The van der Waals surface area contributed by atoms with E-state index < -0.39 is 10.0 Å². The molecule has 1 unspecified atom stereocenters. The predicted molar refractivity (Wildman–Crippen MR) is 105 cm³/mol. The van der Waals surface area contributed by atoms with Gasteiger partial charge in [0.2, 0.25) is 0 Å². The number of hydrogen-bond acceptors (Lipinski definition) is 5. The summed E-state index contributed by atoms with van der Waals surface area (Å²) in [6, 6.07) is 7.05. The van der Waals surface area contributed by atoms with Crippen molar-refractivity contribution in [3.05, 3.63) is 39.9 Å². The number of carbonyl (C=O) groups is 1. The maximum Gasteiger partial charge on any atom is 0.315 e. The lowest BCUT2D eigenvalue weighted by Crippen LogP contribution is -2.45. The monoisotopic (exact) mass is 413 g/mol. The highest BCUT2D eigenvalue weighted by Gasteiger charge is 2.33. The summed E-state index contributed by atoms with van der Waals surface area (Å²) in [5, 5.41) is 9.41. The van der Waals surface area contributed by atoms with E-state index in [1.165, 1.54) is 11.3 Å². The number of carbonyl (C=O) groups excluding carboxylic acids is 1. The fourth-order valence-electron chi connectivity index (χ4n) is 3.10. The van der Waals surface area contributed by atoms with Gasteiger partial charge >= 0.3 is 6.03 Å². The number of thiophene rings is 2. The Bertz CT molecular complexity index is 789. The van der Waals surface area contributed by atoms with Crippen molar-refractivity contribution in [3.63, 3.8) is 0 Å². The molecule has 26 heavy (non-hydrogen) atoms. The third-order valence-corrected chi connectivity index (χ3v) is 8.60. The molecule has 9 heteroatoms. The molecule has 0 aliphatic carbocycles. The summed E-state index contributed by atoms with van der Waals surface area (Å²) in [6.45, 7) is 1.51. The Hall–Kier alpha value is -1.42. The molecule has 1 atom stereocenters. The summed E-state index contributed by atoms with van der Waals surface area (Å²) in [5.41, 5.74) is 0. The van der Waals surface area contributed by atoms with Crippen LogP contribution in [0.15, 0.2) is 39.2 Å². The zero-order chi connectivity index (χ0) is 18.4. The van der Waals surface area contributed by atoms with Gasteiger partial charge in [-0.25, -0.2) is 13.2 Å². The van der Waals surface area contributed by atoms with Crippen LogP contribution < -0.4 is 10.6 Å². The van der Waals surface area contributed by atoms with E-state index in [-0.39, 0.29) is 12.1 Å². The van der Waals surface area contributed by atoms with Crippen LogP contribution in [0.1, 0.15) is 30.6 Å². The molecule has 3 heterocycles. The highest BCUT2D eigenvalue weighted by atomic mass is 32.2. The van der Waals surface area contributed by atoms with Crippen molar-refractivity contribution < 1.29 is 13.2 Å². The lowest BCUT2D eigenvalue weighted by Gasteiger charge is -2.34.